The van der Waals surface area contributed by atoms with Gasteiger partial charge in [-0.2, -0.15) is 10.3 Å². The fourth-order valence-electron chi connectivity index (χ4n) is 2.96. The Morgan fingerprint density at radius 2 is 2.22 bits per heavy atom. The minimum Gasteiger partial charge on any atom is -0.510 e. The average molecular weight is 332 g/mol. The van der Waals surface area contributed by atoms with Gasteiger partial charge >= 0.3 is 0 Å². The number of aliphatic hydroxyl groups excluding tert-OH is 1. The van der Waals surface area contributed by atoms with Crippen LogP contribution >= 0.6 is 11.6 Å². The first-order valence-corrected chi connectivity index (χ1v) is 7.92. The summed E-state index contributed by atoms with van der Waals surface area (Å²) in [6.07, 6.45) is 1.65. The van der Waals surface area contributed by atoms with Crippen LogP contribution in [0.5, 0.6) is 0 Å². The number of benzene rings is 1. The van der Waals surface area contributed by atoms with Gasteiger partial charge in [0.25, 0.3) is 6.02 Å². The van der Waals surface area contributed by atoms with Crippen LogP contribution in [0.25, 0.3) is 0 Å². The Labute approximate surface area is 140 Å². The Hall–Kier alpha value is -2.19. The minimum absolute atomic E-state index is 0.137. The highest BCUT2D eigenvalue weighted by atomic mass is 35.5. The fraction of sp³-hybridized carbons (Fsp3) is 0.412. The molecule has 0 spiro atoms. The normalized spacial score (nSPS) is 24.6. The summed E-state index contributed by atoms with van der Waals surface area (Å²) in [4.78, 5) is 6.54. The van der Waals surface area contributed by atoms with Crippen LogP contribution < -0.4 is 0 Å². The van der Waals surface area contributed by atoms with E-state index in [4.69, 9.17) is 21.6 Å². The van der Waals surface area contributed by atoms with E-state index in [9.17, 15) is 5.11 Å². The number of aliphatic hydroxyl groups is 1. The highest BCUT2D eigenvalue weighted by molar-refractivity contribution is 6.32. The Balaban J connectivity index is 1.98. The molecule has 0 unspecified atom stereocenters. The first-order chi connectivity index (χ1) is 10.9. The lowest BCUT2D eigenvalue weighted by molar-refractivity contribution is 0.135. The number of hydrogen-bond acceptors (Lipinski definition) is 4. The third-order valence-corrected chi connectivity index (χ3v) is 4.77. The number of rotatable bonds is 2. The van der Waals surface area contributed by atoms with E-state index in [1.165, 1.54) is 0 Å². The Morgan fingerprint density at radius 1 is 1.48 bits per heavy atom. The number of aliphatic imine (C=N–C) groups is 1. The van der Waals surface area contributed by atoms with Gasteiger partial charge in [-0.15, -0.1) is 0 Å². The van der Waals surface area contributed by atoms with Gasteiger partial charge in [0.1, 0.15) is 24.0 Å². The molecule has 2 aliphatic rings. The molecule has 0 saturated carbocycles. The lowest BCUT2D eigenvalue weighted by Crippen LogP contribution is -2.36. The maximum absolute atomic E-state index is 10.1. The molecule has 3 rings (SSSR count). The zero-order chi connectivity index (χ0) is 16.7. The molecule has 5 nitrogen and oxygen atoms in total. The molecule has 1 saturated heterocycles. The molecule has 0 bridgehead atoms. The SMILES string of the molecule is Cc1c(/N=C2\O[C@H](C(C)C)[C@H]3C(O)=CCN23)ccc(C#N)c1Cl. The molecular formula is C17H18ClN3O2. The van der Waals surface area contributed by atoms with Crippen LogP contribution in [0, 0.1) is 24.2 Å². The average Bonchev–Trinajstić information content (AvgIpc) is 3.06. The number of fused-ring (bicyclic) bond motifs is 1. The van der Waals surface area contributed by atoms with Crippen molar-refractivity contribution >= 4 is 23.3 Å². The fourth-order valence-corrected chi connectivity index (χ4v) is 3.16. The summed E-state index contributed by atoms with van der Waals surface area (Å²) in [5.41, 5.74) is 1.83. The second-order valence-corrected chi connectivity index (χ2v) is 6.51. The zero-order valence-electron chi connectivity index (χ0n) is 13.2. The lowest BCUT2D eigenvalue weighted by Gasteiger charge is -2.20. The number of nitrogens with zero attached hydrogens (tertiary/aromatic N) is 3. The van der Waals surface area contributed by atoms with E-state index in [2.05, 4.69) is 24.9 Å². The molecule has 0 aromatic heterocycles. The van der Waals surface area contributed by atoms with Gasteiger partial charge in [0.15, 0.2) is 0 Å². The molecule has 1 N–H and O–H groups in total. The molecule has 0 radical (unpaired) electrons. The van der Waals surface area contributed by atoms with E-state index in [1.54, 1.807) is 18.2 Å². The number of hydrogen-bond donors (Lipinski definition) is 1. The van der Waals surface area contributed by atoms with E-state index < -0.39 is 0 Å². The largest absolute Gasteiger partial charge is 0.510 e. The van der Waals surface area contributed by atoms with E-state index in [0.29, 0.717) is 34.6 Å². The van der Waals surface area contributed by atoms with Gasteiger partial charge in [0.05, 0.1) is 16.3 Å². The van der Waals surface area contributed by atoms with Crippen molar-refractivity contribution in [1.29, 1.82) is 5.26 Å². The van der Waals surface area contributed by atoms with Crippen LogP contribution in [-0.4, -0.2) is 34.7 Å². The molecular weight excluding hydrogens is 314 g/mol. The second-order valence-electron chi connectivity index (χ2n) is 6.13. The molecule has 0 aliphatic carbocycles. The van der Waals surface area contributed by atoms with Crippen LogP contribution in [0.3, 0.4) is 0 Å². The molecule has 120 valence electrons. The summed E-state index contributed by atoms with van der Waals surface area (Å²) in [6.45, 7) is 6.51. The van der Waals surface area contributed by atoms with Crippen molar-refractivity contribution in [3.8, 4) is 6.07 Å². The molecule has 6 heteroatoms. The highest BCUT2D eigenvalue weighted by Gasteiger charge is 2.46. The van der Waals surface area contributed by atoms with Gasteiger partial charge in [-0.1, -0.05) is 25.4 Å². The van der Waals surface area contributed by atoms with Gasteiger partial charge in [0.2, 0.25) is 0 Å². The van der Waals surface area contributed by atoms with Crippen LogP contribution in [0.1, 0.15) is 25.0 Å². The van der Waals surface area contributed by atoms with E-state index >= 15 is 0 Å². The van der Waals surface area contributed by atoms with Crippen LogP contribution in [-0.2, 0) is 4.74 Å². The molecule has 1 fully saturated rings. The second kappa shape index (κ2) is 5.78. The maximum atomic E-state index is 10.1. The Morgan fingerprint density at radius 3 is 2.87 bits per heavy atom. The first-order valence-electron chi connectivity index (χ1n) is 7.54. The molecule has 2 heterocycles. The van der Waals surface area contributed by atoms with Crippen molar-refractivity contribution in [2.24, 2.45) is 10.9 Å². The summed E-state index contributed by atoms with van der Waals surface area (Å²) in [6, 6.07) is 5.78. The summed E-state index contributed by atoms with van der Waals surface area (Å²) >= 11 is 6.20. The molecule has 0 amide bonds. The number of nitriles is 1. The van der Waals surface area contributed by atoms with Crippen molar-refractivity contribution in [3.63, 3.8) is 0 Å². The van der Waals surface area contributed by atoms with Crippen molar-refractivity contribution in [2.45, 2.75) is 32.9 Å². The minimum atomic E-state index is -0.178. The Kier molecular flexibility index (Phi) is 3.95. The predicted molar refractivity (Wildman–Crippen MR) is 88.9 cm³/mol. The van der Waals surface area contributed by atoms with Gasteiger partial charge in [-0.3, -0.25) is 0 Å². The number of halogens is 1. The smallest absolute Gasteiger partial charge is 0.294 e. The maximum Gasteiger partial charge on any atom is 0.294 e. The van der Waals surface area contributed by atoms with Crippen molar-refractivity contribution in [2.75, 3.05) is 6.54 Å². The Bertz CT molecular complexity index is 749. The van der Waals surface area contributed by atoms with Gasteiger partial charge in [-0.25, -0.2) is 0 Å². The molecule has 2 aliphatic heterocycles. The molecule has 1 aromatic carbocycles. The summed E-state index contributed by atoms with van der Waals surface area (Å²) in [7, 11) is 0. The first kappa shape index (κ1) is 15.7. The van der Waals surface area contributed by atoms with Crippen molar-refractivity contribution < 1.29 is 9.84 Å². The van der Waals surface area contributed by atoms with Crippen LogP contribution in [0.4, 0.5) is 5.69 Å². The van der Waals surface area contributed by atoms with Gasteiger partial charge in [-0.05, 0) is 36.6 Å². The van der Waals surface area contributed by atoms with Gasteiger partial charge < -0.3 is 14.7 Å². The summed E-state index contributed by atoms with van der Waals surface area (Å²) < 4.78 is 5.98. The van der Waals surface area contributed by atoms with Crippen LogP contribution in [0.15, 0.2) is 29.0 Å². The standard InChI is InChI=1S/C17H18ClN3O2/c1-9(2)16-15-13(22)6-7-21(15)17(23-16)20-12-5-4-11(8-19)14(18)10(12)3/h4-6,9,15-16,22H,7H2,1-3H3/b20-17-/t15-,16-/m1/s1. The highest BCUT2D eigenvalue weighted by Crippen LogP contribution is 2.35. The van der Waals surface area contributed by atoms with Crippen molar-refractivity contribution in [1.82, 2.24) is 4.90 Å². The molecule has 23 heavy (non-hydrogen) atoms. The quantitative estimate of drug-likeness (QED) is 0.897. The van der Waals surface area contributed by atoms with E-state index in [1.807, 2.05) is 11.8 Å². The van der Waals surface area contributed by atoms with E-state index in [0.717, 1.165) is 5.56 Å². The van der Waals surface area contributed by atoms with Crippen LogP contribution in [0.2, 0.25) is 5.02 Å². The summed E-state index contributed by atoms with van der Waals surface area (Å²) in [5.74, 6) is 0.581. The topological polar surface area (TPSA) is 68.8 Å². The predicted octanol–water partition coefficient (Wildman–Crippen LogP) is 3.69. The number of ether oxygens (including phenoxy) is 1. The summed E-state index contributed by atoms with van der Waals surface area (Å²) in [5, 5.41) is 19.5. The number of amidine groups is 1. The van der Waals surface area contributed by atoms with E-state index in [-0.39, 0.29) is 18.1 Å². The third kappa shape index (κ3) is 2.53. The lowest BCUT2D eigenvalue weighted by atomic mass is 9.99. The molecule has 1 aromatic rings. The molecule has 2 atom stereocenters. The van der Waals surface area contributed by atoms with Crippen molar-refractivity contribution in [3.05, 3.63) is 40.1 Å². The van der Waals surface area contributed by atoms with Gasteiger partial charge in [0, 0.05) is 6.54 Å². The monoisotopic (exact) mass is 331 g/mol. The zero-order valence-corrected chi connectivity index (χ0v) is 14.0. The third-order valence-electron chi connectivity index (χ3n) is 4.29.